The van der Waals surface area contributed by atoms with E-state index in [2.05, 4.69) is 4.74 Å². The first-order valence-corrected chi connectivity index (χ1v) is 6.22. The van der Waals surface area contributed by atoms with Gasteiger partial charge in [0.2, 0.25) is 0 Å². The third-order valence-corrected chi connectivity index (χ3v) is 3.47. The number of alkyl halides is 2. The molecule has 0 aromatic carbocycles. The highest BCUT2D eigenvalue weighted by Gasteiger charge is 2.45. The van der Waals surface area contributed by atoms with Crippen LogP contribution in [0.1, 0.15) is 22.8 Å². The van der Waals surface area contributed by atoms with Crippen LogP contribution in [0.5, 0.6) is 0 Å². The van der Waals surface area contributed by atoms with Crippen LogP contribution in [0.25, 0.3) is 0 Å². The molecule has 1 aromatic heterocycles. The van der Waals surface area contributed by atoms with Crippen molar-refractivity contribution in [1.29, 1.82) is 0 Å². The Hall–Kier alpha value is -1.76. The van der Waals surface area contributed by atoms with Crippen LogP contribution in [0.15, 0.2) is 23.1 Å². The first-order chi connectivity index (χ1) is 9.36. The van der Waals surface area contributed by atoms with Gasteiger partial charge in [-0.25, -0.2) is 13.6 Å². The normalized spacial score (nSPS) is 22.5. The largest absolute Gasteiger partial charge is 0.465 e. The molecule has 1 saturated heterocycles. The summed E-state index contributed by atoms with van der Waals surface area (Å²) in [6.45, 7) is 0.0572. The van der Waals surface area contributed by atoms with E-state index >= 15 is 0 Å². The Morgan fingerprint density at radius 2 is 2.20 bits per heavy atom. The number of pyridine rings is 1. The van der Waals surface area contributed by atoms with Gasteiger partial charge in [-0.15, -0.1) is 0 Å². The number of likely N-dealkylation sites (tertiary alicyclic amines) is 1. The fraction of sp³-hybridized carbons (Fsp3) is 0.538. The summed E-state index contributed by atoms with van der Waals surface area (Å²) in [5.41, 5.74) is -0.974. The summed E-state index contributed by atoms with van der Waals surface area (Å²) < 4.78 is 33.6. The van der Waals surface area contributed by atoms with Gasteiger partial charge in [-0.2, -0.15) is 0 Å². The van der Waals surface area contributed by atoms with Crippen molar-refractivity contribution < 1.29 is 18.3 Å². The highest BCUT2D eigenvalue weighted by atomic mass is 19.3. The monoisotopic (exact) mass is 286 g/mol. The second kappa shape index (κ2) is 5.32. The zero-order chi connectivity index (χ0) is 14.9. The van der Waals surface area contributed by atoms with Crippen molar-refractivity contribution in [3.63, 3.8) is 0 Å². The molecule has 0 saturated carbocycles. The van der Waals surface area contributed by atoms with Crippen molar-refractivity contribution in [2.24, 2.45) is 0 Å². The third kappa shape index (κ3) is 2.58. The average Bonchev–Trinajstić information content (AvgIpc) is 2.38. The van der Waals surface area contributed by atoms with Crippen LogP contribution >= 0.6 is 0 Å². The molecule has 0 aliphatic carbocycles. The summed E-state index contributed by atoms with van der Waals surface area (Å²) in [4.78, 5) is 25.1. The van der Waals surface area contributed by atoms with Gasteiger partial charge in [0.1, 0.15) is 11.6 Å². The average molecular weight is 286 g/mol. The van der Waals surface area contributed by atoms with Crippen molar-refractivity contribution >= 4 is 5.97 Å². The van der Waals surface area contributed by atoms with E-state index in [4.69, 9.17) is 0 Å². The number of esters is 1. The molecule has 1 aliphatic heterocycles. The van der Waals surface area contributed by atoms with Crippen LogP contribution < -0.4 is 5.56 Å². The fourth-order valence-electron chi connectivity index (χ4n) is 2.46. The van der Waals surface area contributed by atoms with E-state index in [1.807, 2.05) is 0 Å². The summed E-state index contributed by atoms with van der Waals surface area (Å²) in [7, 11) is 2.75. The Balaban J connectivity index is 2.43. The zero-order valence-corrected chi connectivity index (χ0v) is 11.3. The van der Waals surface area contributed by atoms with Crippen LogP contribution in [-0.2, 0) is 4.74 Å². The molecule has 5 nitrogen and oxygen atoms in total. The van der Waals surface area contributed by atoms with Crippen LogP contribution in [-0.4, -0.2) is 48.6 Å². The number of carbonyl (C=O) groups is 1. The summed E-state index contributed by atoms with van der Waals surface area (Å²) in [6.07, 6.45) is 1.44. The van der Waals surface area contributed by atoms with Gasteiger partial charge in [-0.1, -0.05) is 0 Å². The number of hydrogen-bond donors (Lipinski definition) is 0. The van der Waals surface area contributed by atoms with E-state index in [1.165, 1.54) is 23.2 Å². The van der Waals surface area contributed by atoms with Gasteiger partial charge in [0.05, 0.1) is 13.7 Å². The number of carbonyl (C=O) groups excluding carboxylic acids is 1. The molecule has 110 valence electrons. The second-order valence-corrected chi connectivity index (χ2v) is 4.93. The lowest BCUT2D eigenvalue weighted by atomic mass is 10.0. The smallest absolute Gasteiger partial charge is 0.343 e. The number of methoxy groups -OCH3 is 1. The van der Waals surface area contributed by atoms with Crippen molar-refractivity contribution in [2.75, 3.05) is 27.2 Å². The SMILES string of the molecule is COC(=O)c1cccn(C2CCN(C)CC2(F)F)c1=O. The minimum Gasteiger partial charge on any atom is -0.465 e. The number of ether oxygens (including phenoxy) is 1. The molecule has 1 unspecified atom stereocenters. The molecule has 2 heterocycles. The van der Waals surface area contributed by atoms with Crippen molar-refractivity contribution in [2.45, 2.75) is 18.4 Å². The Morgan fingerprint density at radius 3 is 2.80 bits per heavy atom. The standard InChI is InChI=1S/C13H16F2N2O3/c1-16-7-5-10(13(14,15)8-16)17-6-3-4-9(11(17)18)12(19)20-2/h3-4,6,10H,5,7-8H2,1-2H3. The van der Waals surface area contributed by atoms with Gasteiger partial charge >= 0.3 is 5.97 Å². The van der Waals surface area contributed by atoms with Crippen LogP contribution in [0.3, 0.4) is 0 Å². The summed E-state index contributed by atoms with van der Waals surface area (Å²) in [5.74, 6) is -3.84. The van der Waals surface area contributed by atoms with E-state index in [-0.39, 0.29) is 12.0 Å². The number of aromatic nitrogens is 1. The topological polar surface area (TPSA) is 51.5 Å². The minimum atomic E-state index is -3.02. The highest BCUT2D eigenvalue weighted by molar-refractivity contribution is 5.88. The Labute approximate surface area is 114 Å². The first kappa shape index (κ1) is 14.6. The molecule has 0 bridgehead atoms. The molecule has 0 radical (unpaired) electrons. The van der Waals surface area contributed by atoms with Gasteiger partial charge in [-0.05, 0) is 25.6 Å². The molecular formula is C13H16F2N2O3. The van der Waals surface area contributed by atoms with Crippen LogP contribution in [0, 0.1) is 0 Å². The number of nitrogens with zero attached hydrogens (tertiary/aromatic N) is 2. The molecule has 0 N–H and O–H groups in total. The quantitative estimate of drug-likeness (QED) is 0.765. The summed E-state index contributed by atoms with van der Waals surface area (Å²) >= 11 is 0. The Bertz CT molecular complexity index is 571. The molecule has 1 aliphatic rings. The lowest BCUT2D eigenvalue weighted by Crippen LogP contribution is -2.50. The maximum Gasteiger partial charge on any atom is 0.343 e. The Morgan fingerprint density at radius 1 is 1.50 bits per heavy atom. The van der Waals surface area contributed by atoms with Gasteiger partial charge in [0.25, 0.3) is 11.5 Å². The zero-order valence-electron chi connectivity index (χ0n) is 11.3. The van der Waals surface area contributed by atoms with Crippen molar-refractivity contribution in [3.8, 4) is 0 Å². The second-order valence-electron chi connectivity index (χ2n) is 4.93. The predicted octanol–water partition coefficient (Wildman–Crippen LogP) is 1.15. The molecule has 20 heavy (non-hydrogen) atoms. The third-order valence-electron chi connectivity index (χ3n) is 3.47. The molecule has 0 spiro atoms. The van der Waals surface area contributed by atoms with Gasteiger partial charge in [0.15, 0.2) is 0 Å². The lowest BCUT2D eigenvalue weighted by molar-refractivity contribution is -0.0989. The molecule has 1 fully saturated rings. The Kier molecular flexibility index (Phi) is 3.89. The van der Waals surface area contributed by atoms with Crippen molar-refractivity contribution in [1.82, 2.24) is 9.47 Å². The number of piperidine rings is 1. The summed E-state index contributed by atoms with van der Waals surface area (Å²) in [6, 6.07) is 1.44. The molecule has 7 heteroatoms. The van der Waals surface area contributed by atoms with E-state index < -0.39 is 30.0 Å². The molecular weight excluding hydrogens is 270 g/mol. The number of hydrogen-bond acceptors (Lipinski definition) is 4. The maximum absolute atomic E-state index is 14.1. The minimum absolute atomic E-state index is 0.147. The highest BCUT2D eigenvalue weighted by Crippen LogP contribution is 2.35. The number of rotatable bonds is 2. The number of halogens is 2. The van der Waals surface area contributed by atoms with Crippen molar-refractivity contribution in [3.05, 3.63) is 34.2 Å². The molecule has 1 aromatic rings. The van der Waals surface area contributed by atoms with E-state index in [0.717, 1.165) is 11.7 Å². The van der Waals surface area contributed by atoms with Gasteiger partial charge in [-0.3, -0.25) is 4.79 Å². The molecule has 2 rings (SSSR count). The van der Waals surface area contributed by atoms with Gasteiger partial charge < -0.3 is 14.2 Å². The first-order valence-electron chi connectivity index (χ1n) is 6.22. The lowest BCUT2D eigenvalue weighted by Gasteiger charge is -2.37. The maximum atomic E-state index is 14.1. The van der Waals surface area contributed by atoms with Crippen LogP contribution in [0.2, 0.25) is 0 Å². The van der Waals surface area contributed by atoms with E-state index in [1.54, 1.807) is 7.05 Å². The van der Waals surface area contributed by atoms with Gasteiger partial charge in [0, 0.05) is 12.7 Å². The van der Waals surface area contributed by atoms with Crippen LogP contribution in [0.4, 0.5) is 8.78 Å². The molecule has 0 amide bonds. The fourth-order valence-corrected chi connectivity index (χ4v) is 2.46. The molecule has 1 atom stereocenters. The predicted molar refractivity (Wildman–Crippen MR) is 68.1 cm³/mol. The van der Waals surface area contributed by atoms with E-state index in [9.17, 15) is 18.4 Å². The summed E-state index contributed by atoms with van der Waals surface area (Å²) in [5, 5.41) is 0. The van der Waals surface area contributed by atoms with E-state index in [0.29, 0.717) is 6.54 Å².